The van der Waals surface area contributed by atoms with E-state index < -0.39 is 0 Å². The van der Waals surface area contributed by atoms with Gasteiger partial charge in [0.15, 0.2) is 0 Å². The minimum Gasteiger partial charge on any atom is -0.247 e. The third-order valence-electron chi connectivity index (χ3n) is 13.0. The van der Waals surface area contributed by atoms with E-state index in [0.29, 0.717) is 0 Å². The Hall–Kier alpha value is -8.40. The fourth-order valence-electron chi connectivity index (χ4n) is 10.1. The standard InChI is InChI=1S/C60H38N3/c1-2-19-43(20-3-1)62-38-42-18-6-15-29-59(42)63(62)44-32-30-39(31-33-44)53-36-57-55(54-34-40-16-4-7-21-45(40)47-23-9-11-25-49(47)54)37-58(61-60(57)52-28-14-13-27-51(52)53)56-35-41-17-5-8-22-46(41)48-24-10-12-26-50(48)56/h1-38H/q+1. The molecule has 2 aromatic heterocycles. The van der Waals surface area contributed by atoms with Crippen LogP contribution in [0.2, 0.25) is 0 Å². The summed E-state index contributed by atoms with van der Waals surface area (Å²) >= 11 is 0. The van der Waals surface area contributed by atoms with Crippen molar-refractivity contribution in [3.05, 3.63) is 231 Å². The second kappa shape index (κ2) is 14.1. The number of para-hydroxylation sites is 2. The van der Waals surface area contributed by atoms with E-state index in [4.69, 9.17) is 4.98 Å². The van der Waals surface area contributed by atoms with Gasteiger partial charge in [0.05, 0.1) is 16.6 Å². The normalized spacial score (nSPS) is 11.8. The lowest BCUT2D eigenvalue weighted by molar-refractivity contribution is -0.672. The summed E-state index contributed by atoms with van der Waals surface area (Å²) in [4.78, 5) is 5.70. The summed E-state index contributed by atoms with van der Waals surface area (Å²) in [6, 6.07) is 81.6. The highest BCUT2D eigenvalue weighted by atomic mass is 15.4. The van der Waals surface area contributed by atoms with Crippen molar-refractivity contribution in [2.45, 2.75) is 0 Å². The summed E-state index contributed by atoms with van der Waals surface area (Å²) in [7, 11) is 0. The highest BCUT2D eigenvalue weighted by Crippen LogP contribution is 2.45. The Kier molecular flexibility index (Phi) is 7.91. The summed E-state index contributed by atoms with van der Waals surface area (Å²) in [6.07, 6.45) is 2.22. The topological polar surface area (TPSA) is 21.7 Å². The van der Waals surface area contributed by atoms with Crippen molar-refractivity contribution in [3.63, 3.8) is 0 Å². The van der Waals surface area contributed by atoms with Crippen molar-refractivity contribution >= 4 is 75.7 Å². The maximum absolute atomic E-state index is 5.70. The van der Waals surface area contributed by atoms with Crippen molar-refractivity contribution in [2.24, 2.45) is 0 Å². The van der Waals surface area contributed by atoms with Crippen molar-refractivity contribution < 1.29 is 4.68 Å². The molecule has 3 heteroatoms. The predicted octanol–water partition coefficient (Wildman–Crippen LogP) is 15.2. The molecule has 0 spiro atoms. The van der Waals surface area contributed by atoms with Crippen LogP contribution in [-0.2, 0) is 0 Å². The molecule has 0 N–H and O–H groups in total. The third kappa shape index (κ3) is 5.60. The Morgan fingerprint density at radius 1 is 0.333 bits per heavy atom. The molecule has 292 valence electrons. The molecular weight excluding hydrogens is 763 g/mol. The van der Waals surface area contributed by atoms with Gasteiger partial charge >= 0.3 is 0 Å². The molecule has 0 unspecified atom stereocenters. The van der Waals surface area contributed by atoms with Crippen molar-refractivity contribution in [1.29, 1.82) is 0 Å². The quantitative estimate of drug-likeness (QED) is 0.125. The van der Waals surface area contributed by atoms with E-state index in [1.807, 2.05) is 0 Å². The summed E-state index contributed by atoms with van der Waals surface area (Å²) in [5.74, 6) is 0. The Balaban J connectivity index is 1.09. The largest absolute Gasteiger partial charge is 0.247 e. The number of aromatic nitrogens is 3. The van der Waals surface area contributed by atoms with Gasteiger partial charge in [0.25, 0.3) is 0 Å². The lowest BCUT2D eigenvalue weighted by Gasteiger charge is -2.18. The van der Waals surface area contributed by atoms with E-state index in [0.717, 1.165) is 50.0 Å². The first-order valence-corrected chi connectivity index (χ1v) is 21.6. The Labute approximate surface area is 364 Å². The van der Waals surface area contributed by atoms with Gasteiger partial charge in [-0.3, -0.25) is 0 Å². The maximum atomic E-state index is 5.70. The maximum Gasteiger partial charge on any atom is 0.236 e. The summed E-state index contributed by atoms with van der Waals surface area (Å²) < 4.78 is 4.55. The van der Waals surface area contributed by atoms with Crippen LogP contribution in [0.5, 0.6) is 0 Å². The van der Waals surface area contributed by atoms with E-state index >= 15 is 0 Å². The first kappa shape index (κ1) is 35.4. The Bertz CT molecular complexity index is 3960. The lowest BCUT2D eigenvalue weighted by Crippen LogP contribution is -2.39. The molecule has 0 aliphatic heterocycles. The molecule has 63 heavy (non-hydrogen) atoms. The summed E-state index contributed by atoms with van der Waals surface area (Å²) in [5.41, 5.74) is 11.1. The molecule has 0 atom stereocenters. The van der Waals surface area contributed by atoms with E-state index in [1.54, 1.807) is 0 Å². The van der Waals surface area contributed by atoms with E-state index in [9.17, 15) is 0 Å². The molecule has 13 aromatic rings. The van der Waals surface area contributed by atoms with Gasteiger partial charge in [-0.1, -0.05) is 168 Å². The third-order valence-corrected chi connectivity index (χ3v) is 13.0. The Morgan fingerprint density at radius 3 is 1.49 bits per heavy atom. The molecule has 13 rings (SSSR count). The Morgan fingerprint density at radius 2 is 0.825 bits per heavy atom. The fourth-order valence-corrected chi connectivity index (χ4v) is 10.1. The van der Waals surface area contributed by atoms with Crippen LogP contribution in [0.25, 0.3) is 121 Å². The van der Waals surface area contributed by atoms with Crippen molar-refractivity contribution in [3.8, 4) is 44.9 Å². The number of nitrogens with zero attached hydrogens (tertiary/aromatic N) is 3. The first-order valence-electron chi connectivity index (χ1n) is 21.6. The van der Waals surface area contributed by atoms with Gasteiger partial charge in [-0.2, -0.15) is 0 Å². The summed E-state index contributed by atoms with van der Waals surface area (Å²) in [6.45, 7) is 0. The molecule has 0 aliphatic rings. The molecule has 0 fully saturated rings. The van der Waals surface area contributed by atoms with Gasteiger partial charge in [-0.25, -0.2) is 4.98 Å². The molecular formula is C60H38N3+. The zero-order chi connectivity index (χ0) is 41.4. The number of rotatable bonds is 5. The van der Waals surface area contributed by atoms with Gasteiger partial charge in [0.1, 0.15) is 11.2 Å². The summed E-state index contributed by atoms with van der Waals surface area (Å²) in [5, 5.41) is 14.4. The van der Waals surface area contributed by atoms with Gasteiger partial charge in [-0.05, 0) is 119 Å². The number of benzene rings is 11. The van der Waals surface area contributed by atoms with Crippen molar-refractivity contribution in [2.75, 3.05) is 0 Å². The second-order valence-corrected chi connectivity index (χ2v) is 16.5. The van der Waals surface area contributed by atoms with E-state index in [2.05, 4.69) is 240 Å². The SMILES string of the molecule is c1ccc(-[n+]2cc3ccccc3n2-c2ccc(-c3cc4c(-c5cc6ccccc6c6ccccc56)cc(-c5cc6ccccc6c6ccccc56)nc4c4ccccc34)cc2)cc1. The minimum atomic E-state index is 0.963. The number of hydrogen-bond acceptors (Lipinski definition) is 1. The molecule has 0 amide bonds. The molecule has 0 saturated carbocycles. The first-order chi connectivity index (χ1) is 31.2. The van der Waals surface area contributed by atoms with Crippen LogP contribution in [0.1, 0.15) is 0 Å². The van der Waals surface area contributed by atoms with Crippen LogP contribution in [0, 0.1) is 0 Å². The molecule has 3 nitrogen and oxygen atoms in total. The highest BCUT2D eigenvalue weighted by molar-refractivity contribution is 6.21. The highest BCUT2D eigenvalue weighted by Gasteiger charge is 2.22. The molecule has 11 aromatic carbocycles. The van der Waals surface area contributed by atoms with Crippen LogP contribution in [0.3, 0.4) is 0 Å². The average Bonchev–Trinajstić information content (AvgIpc) is 3.75. The lowest BCUT2D eigenvalue weighted by atomic mass is 9.87. The van der Waals surface area contributed by atoms with Gasteiger partial charge < -0.3 is 0 Å². The van der Waals surface area contributed by atoms with Gasteiger partial charge in [0, 0.05) is 28.5 Å². The monoisotopic (exact) mass is 800 g/mol. The van der Waals surface area contributed by atoms with E-state index in [-0.39, 0.29) is 0 Å². The zero-order valence-electron chi connectivity index (χ0n) is 34.3. The van der Waals surface area contributed by atoms with Gasteiger partial charge in [0.2, 0.25) is 11.9 Å². The predicted molar refractivity (Wildman–Crippen MR) is 264 cm³/mol. The second-order valence-electron chi connectivity index (χ2n) is 16.5. The zero-order valence-corrected chi connectivity index (χ0v) is 34.3. The molecule has 2 heterocycles. The molecule has 0 saturated heterocycles. The fraction of sp³-hybridized carbons (Fsp3) is 0. The van der Waals surface area contributed by atoms with Crippen molar-refractivity contribution in [1.82, 2.24) is 9.67 Å². The molecule has 0 aliphatic carbocycles. The average molecular weight is 801 g/mol. The van der Waals surface area contributed by atoms with Crippen LogP contribution in [0.15, 0.2) is 231 Å². The number of hydrogen-bond donors (Lipinski definition) is 0. The van der Waals surface area contributed by atoms with Crippen LogP contribution in [-0.4, -0.2) is 9.67 Å². The number of fused-ring (bicyclic) bond motifs is 10. The minimum absolute atomic E-state index is 0.963. The molecule has 0 radical (unpaired) electrons. The smallest absolute Gasteiger partial charge is 0.236 e. The van der Waals surface area contributed by atoms with Crippen LogP contribution < -0.4 is 4.68 Å². The number of pyridine rings is 1. The molecule has 0 bridgehead atoms. The van der Waals surface area contributed by atoms with E-state index in [1.165, 1.54) is 70.6 Å². The van der Waals surface area contributed by atoms with Gasteiger partial charge in [-0.15, -0.1) is 4.68 Å². The van der Waals surface area contributed by atoms with Crippen LogP contribution >= 0.6 is 0 Å². The van der Waals surface area contributed by atoms with Crippen LogP contribution in [0.4, 0.5) is 0 Å².